The van der Waals surface area contributed by atoms with Crippen molar-refractivity contribution in [2.75, 3.05) is 31.2 Å². The zero-order valence-electron chi connectivity index (χ0n) is 13.0. The van der Waals surface area contributed by atoms with Crippen LogP contribution in [0.4, 0.5) is 5.69 Å². The molecule has 2 heterocycles. The highest BCUT2D eigenvalue weighted by Gasteiger charge is 2.16. The van der Waals surface area contributed by atoms with E-state index in [1.54, 1.807) is 11.3 Å². The number of thiophene rings is 1. The molecule has 0 radical (unpaired) electrons. The zero-order chi connectivity index (χ0) is 15.4. The predicted octanol–water partition coefficient (Wildman–Crippen LogP) is 4.54. The van der Waals surface area contributed by atoms with Gasteiger partial charge >= 0.3 is 0 Å². The standard InChI is InChI=1S/C18H21NO2S/c1-3-19(4-2)15-8-5-14(6-9-15)7-10-17-18-16(13-22-17)20-11-12-21-18/h5-10,13H,3-4,11-12H2,1-2H3. The van der Waals surface area contributed by atoms with Crippen LogP contribution in [-0.4, -0.2) is 26.3 Å². The summed E-state index contributed by atoms with van der Waals surface area (Å²) in [6.45, 7) is 7.69. The largest absolute Gasteiger partial charge is 0.485 e. The lowest BCUT2D eigenvalue weighted by Crippen LogP contribution is -2.21. The Morgan fingerprint density at radius 1 is 1.05 bits per heavy atom. The molecule has 0 fully saturated rings. The van der Waals surface area contributed by atoms with Gasteiger partial charge in [0.1, 0.15) is 13.2 Å². The quantitative estimate of drug-likeness (QED) is 0.809. The summed E-state index contributed by atoms with van der Waals surface area (Å²) in [7, 11) is 0. The smallest absolute Gasteiger partial charge is 0.179 e. The normalized spacial score (nSPS) is 13.5. The average molecular weight is 315 g/mol. The molecule has 1 aromatic carbocycles. The summed E-state index contributed by atoms with van der Waals surface area (Å²) >= 11 is 1.65. The van der Waals surface area contributed by atoms with Crippen LogP contribution in [0, 0.1) is 0 Å². The molecule has 3 rings (SSSR count). The number of hydrogen-bond acceptors (Lipinski definition) is 4. The lowest BCUT2D eigenvalue weighted by Gasteiger charge is -2.20. The highest BCUT2D eigenvalue weighted by molar-refractivity contribution is 7.11. The summed E-state index contributed by atoms with van der Waals surface area (Å²) < 4.78 is 11.3. The van der Waals surface area contributed by atoms with Crippen molar-refractivity contribution in [3.05, 3.63) is 40.1 Å². The van der Waals surface area contributed by atoms with Crippen LogP contribution in [0.1, 0.15) is 24.3 Å². The molecule has 0 aliphatic carbocycles. The van der Waals surface area contributed by atoms with Gasteiger partial charge in [-0.1, -0.05) is 18.2 Å². The van der Waals surface area contributed by atoms with Crippen molar-refractivity contribution in [2.24, 2.45) is 0 Å². The van der Waals surface area contributed by atoms with E-state index in [1.807, 2.05) is 5.38 Å². The Labute approximate surface area is 135 Å². The summed E-state index contributed by atoms with van der Waals surface area (Å²) in [5.41, 5.74) is 2.46. The minimum Gasteiger partial charge on any atom is -0.485 e. The van der Waals surface area contributed by atoms with Crippen molar-refractivity contribution in [1.82, 2.24) is 0 Å². The number of anilines is 1. The number of rotatable bonds is 5. The Kier molecular flexibility index (Phi) is 4.68. The molecule has 2 aromatic rings. The predicted molar refractivity (Wildman–Crippen MR) is 94.2 cm³/mol. The van der Waals surface area contributed by atoms with Crippen LogP contribution in [0.2, 0.25) is 0 Å². The number of nitrogens with zero attached hydrogens (tertiary/aromatic N) is 1. The van der Waals surface area contributed by atoms with Crippen LogP contribution in [0.5, 0.6) is 11.5 Å². The number of benzene rings is 1. The van der Waals surface area contributed by atoms with E-state index in [0.29, 0.717) is 13.2 Å². The molecule has 0 N–H and O–H groups in total. The highest BCUT2D eigenvalue weighted by atomic mass is 32.1. The van der Waals surface area contributed by atoms with Gasteiger partial charge in [-0.25, -0.2) is 0 Å². The maximum Gasteiger partial charge on any atom is 0.179 e. The molecule has 0 amide bonds. The molecule has 0 atom stereocenters. The maximum absolute atomic E-state index is 5.69. The van der Waals surface area contributed by atoms with E-state index >= 15 is 0 Å². The number of fused-ring (bicyclic) bond motifs is 1. The minimum absolute atomic E-state index is 0.628. The molecule has 0 spiro atoms. The fourth-order valence-electron chi connectivity index (χ4n) is 2.55. The van der Waals surface area contributed by atoms with E-state index in [9.17, 15) is 0 Å². The monoisotopic (exact) mass is 315 g/mol. The number of hydrogen-bond donors (Lipinski definition) is 0. The topological polar surface area (TPSA) is 21.7 Å². The van der Waals surface area contributed by atoms with Crippen molar-refractivity contribution in [3.63, 3.8) is 0 Å². The summed E-state index contributed by atoms with van der Waals surface area (Å²) in [6, 6.07) is 8.66. The SMILES string of the molecule is CCN(CC)c1ccc(C=Cc2scc3c2OCCO3)cc1. The van der Waals surface area contributed by atoms with Gasteiger partial charge in [0, 0.05) is 24.2 Å². The van der Waals surface area contributed by atoms with Gasteiger partial charge in [0.2, 0.25) is 0 Å². The van der Waals surface area contributed by atoms with E-state index in [2.05, 4.69) is 55.2 Å². The molecule has 22 heavy (non-hydrogen) atoms. The summed E-state index contributed by atoms with van der Waals surface area (Å²) in [5, 5.41) is 2.01. The fourth-order valence-corrected chi connectivity index (χ4v) is 3.38. The molecule has 0 saturated carbocycles. The molecule has 0 unspecified atom stereocenters. The fraction of sp³-hybridized carbons (Fsp3) is 0.333. The van der Waals surface area contributed by atoms with Crippen molar-refractivity contribution >= 4 is 29.2 Å². The average Bonchev–Trinajstić information content (AvgIpc) is 2.98. The van der Waals surface area contributed by atoms with Crippen LogP contribution in [0.25, 0.3) is 12.2 Å². The molecule has 0 bridgehead atoms. The van der Waals surface area contributed by atoms with E-state index in [-0.39, 0.29) is 0 Å². The number of ether oxygens (including phenoxy) is 2. The van der Waals surface area contributed by atoms with Crippen molar-refractivity contribution < 1.29 is 9.47 Å². The second-order valence-corrected chi connectivity index (χ2v) is 6.00. The van der Waals surface area contributed by atoms with Crippen LogP contribution < -0.4 is 14.4 Å². The molecule has 116 valence electrons. The Bertz CT molecular complexity index is 642. The van der Waals surface area contributed by atoms with Crippen molar-refractivity contribution in [3.8, 4) is 11.5 Å². The second-order valence-electron chi connectivity index (χ2n) is 5.09. The zero-order valence-corrected chi connectivity index (χ0v) is 13.9. The molecule has 1 aromatic heterocycles. The Morgan fingerprint density at radius 3 is 2.50 bits per heavy atom. The first-order chi connectivity index (χ1) is 10.8. The third-order valence-electron chi connectivity index (χ3n) is 3.78. The molecule has 1 aliphatic rings. The van der Waals surface area contributed by atoms with Gasteiger partial charge in [-0.05, 0) is 37.6 Å². The van der Waals surface area contributed by atoms with Gasteiger partial charge in [-0.3, -0.25) is 0 Å². The van der Waals surface area contributed by atoms with Gasteiger partial charge in [0.25, 0.3) is 0 Å². The van der Waals surface area contributed by atoms with Gasteiger partial charge in [0.05, 0.1) is 4.88 Å². The van der Waals surface area contributed by atoms with Crippen molar-refractivity contribution in [2.45, 2.75) is 13.8 Å². The molecule has 3 nitrogen and oxygen atoms in total. The third-order valence-corrected chi connectivity index (χ3v) is 4.68. The Hall–Kier alpha value is -1.94. The lowest BCUT2D eigenvalue weighted by atomic mass is 10.1. The van der Waals surface area contributed by atoms with Crippen LogP contribution in [-0.2, 0) is 0 Å². The lowest BCUT2D eigenvalue weighted by molar-refractivity contribution is 0.173. The van der Waals surface area contributed by atoms with E-state index in [0.717, 1.165) is 29.5 Å². The molecular formula is C18H21NO2S. The molecule has 4 heteroatoms. The molecule has 0 saturated heterocycles. The van der Waals surface area contributed by atoms with Gasteiger partial charge < -0.3 is 14.4 Å². The van der Waals surface area contributed by atoms with Gasteiger partial charge in [0.15, 0.2) is 11.5 Å². The second kappa shape index (κ2) is 6.88. The van der Waals surface area contributed by atoms with Crippen LogP contribution in [0.3, 0.4) is 0 Å². The summed E-state index contributed by atoms with van der Waals surface area (Å²) in [4.78, 5) is 3.46. The Morgan fingerprint density at radius 2 is 1.77 bits per heavy atom. The van der Waals surface area contributed by atoms with E-state index < -0.39 is 0 Å². The van der Waals surface area contributed by atoms with Crippen LogP contribution >= 0.6 is 11.3 Å². The first kappa shape index (κ1) is 15.0. The van der Waals surface area contributed by atoms with Gasteiger partial charge in [-0.15, -0.1) is 11.3 Å². The first-order valence-electron chi connectivity index (χ1n) is 7.72. The molecular weight excluding hydrogens is 294 g/mol. The van der Waals surface area contributed by atoms with Gasteiger partial charge in [-0.2, -0.15) is 0 Å². The minimum atomic E-state index is 0.628. The first-order valence-corrected chi connectivity index (χ1v) is 8.60. The summed E-state index contributed by atoms with van der Waals surface area (Å²) in [6.07, 6.45) is 4.22. The third kappa shape index (κ3) is 3.12. The van der Waals surface area contributed by atoms with E-state index in [4.69, 9.17) is 9.47 Å². The molecule has 1 aliphatic heterocycles. The van der Waals surface area contributed by atoms with Crippen molar-refractivity contribution in [1.29, 1.82) is 0 Å². The summed E-state index contributed by atoms with van der Waals surface area (Å²) in [5.74, 6) is 1.75. The maximum atomic E-state index is 5.69. The van der Waals surface area contributed by atoms with E-state index in [1.165, 1.54) is 11.3 Å². The Balaban J connectivity index is 1.74. The highest BCUT2D eigenvalue weighted by Crippen LogP contribution is 2.40. The van der Waals surface area contributed by atoms with Crippen LogP contribution in [0.15, 0.2) is 29.6 Å².